The maximum atomic E-state index is 5.88. The lowest BCUT2D eigenvalue weighted by molar-refractivity contribution is 0.0511. The highest BCUT2D eigenvalue weighted by Crippen LogP contribution is 2.24. The summed E-state index contributed by atoms with van der Waals surface area (Å²) < 4.78 is 16.1. The number of methoxy groups -OCH3 is 1. The van der Waals surface area contributed by atoms with Crippen molar-refractivity contribution >= 4 is 11.0 Å². The van der Waals surface area contributed by atoms with E-state index < -0.39 is 0 Å². The topological polar surface area (TPSA) is 57.6 Å². The van der Waals surface area contributed by atoms with Crippen LogP contribution in [0.1, 0.15) is 29.9 Å². The monoisotopic (exact) mass is 325 g/mol. The second kappa shape index (κ2) is 7.51. The molecule has 0 saturated heterocycles. The number of furan rings is 1. The van der Waals surface area contributed by atoms with E-state index >= 15 is 0 Å². The molecule has 0 fully saturated rings. The normalized spacial score (nSPS) is 12.5. The quantitative estimate of drug-likeness (QED) is 0.661. The molecule has 1 heterocycles. The summed E-state index contributed by atoms with van der Waals surface area (Å²) in [6, 6.07) is 16.4. The molecule has 3 aromatic rings. The number of nitrogens with two attached hydrogens (primary N) is 1. The molecule has 3 rings (SSSR count). The Morgan fingerprint density at radius 3 is 2.42 bits per heavy atom. The number of hydrogen-bond acceptors (Lipinski definition) is 4. The molecule has 0 aliphatic carbocycles. The van der Waals surface area contributed by atoms with Crippen LogP contribution in [0.15, 0.2) is 52.9 Å². The molecule has 1 aromatic heterocycles. The van der Waals surface area contributed by atoms with E-state index in [1.807, 2.05) is 25.1 Å². The summed E-state index contributed by atoms with van der Waals surface area (Å²) in [5.74, 6) is 1.65. The van der Waals surface area contributed by atoms with Crippen molar-refractivity contribution in [3.8, 4) is 5.75 Å². The van der Waals surface area contributed by atoms with E-state index in [-0.39, 0.29) is 12.8 Å². The van der Waals surface area contributed by atoms with Crippen LogP contribution in [0.2, 0.25) is 0 Å². The zero-order valence-electron chi connectivity index (χ0n) is 14.1. The van der Waals surface area contributed by atoms with E-state index in [1.54, 1.807) is 7.11 Å². The minimum Gasteiger partial charge on any atom is -0.468 e. The minimum atomic E-state index is -0.0836. The highest BCUT2D eigenvalue weighted by atomic mass is 16.7. The van der Waals surface area contributed by atoms with Crippen molar-refractivity contribution in [2.24, 2.45) is 5.73 Å². The first-order valence-electron chi connectivity index (χ1n) is 8.14. The number of ether oxygens (including phenoxy) is 2. The third-order valence-electron chi connectivity index (χ3n) is 4.02. The largest absolute Gasteiger partial charge is 0.468 e. The van der Waals surface area contributed by atoms with Crippen molar-refractivity contribution in [1.82, 2.24) is 0 Å². The predicted octanol–water partition coefficient (Wildman–Crippen LogP) is 4.22. The van der Waals surface area contributed by atoms with Gasteiger partial charge in [0.25, 0.3) is 0 Å². The van der Waals surface area contributed by atoms with Crippen LogP contribution in [-0.4, -0.2) is 13.9 Å². The van der Waals surface area contributed by atoms with Crippen molar-refractivity contribution in [3.05, 3.63) is 65.4 Å². The molecule has 0 amide bonds. The summed E-state index contributed by atoms with van der Waals surface area (Å²) in [6.07, 6.45) is 1.93. The van der Waals surface area contributed by atoms with E-state index in [2.05, 4.69) is 30.3 Å². The Labute approximate surface area is 142 Å². The van der Waals surface area contributed by atoms with Crippen molar-refractivity contribution in [3.63, 3.8) is 0 Å². The van der Waals surface area contributed by atoms with Crippen LogP contribution in [0, 0.1) is 0 Å². The van der Waals surface area contributed by atoms with E-state index in [1.165, 1.54) is 11.1 Å². The Balaban J connectivity index is 1.64. The van der Waals surface area contributed by atoms with Gasteiger partial charge in [0.15, 0.2) is 6.79 Å². The van der Waals surface area contributed by atoms with E-state index in [9.17, 15) is 0 Å². The molecule has 4 heteroatoms. The first kappa shape index (κ1) is 16.6. The molecule has 0 spiro atoms. The third kappa shape index (κ3) is 3.96. The summed E-state index contributed by atoms with van der Waals surface area (Å²) in [4.78, 5) is 0. The fourth-order valence-corrected chi connectivity index (χ4v) is 2.64. The molecule has 0 radical (unpaired) electrons. The first-order chi connectivity index (χ1) is 11.7. The molecular weight excluding hydrogens is 302 g/mol. The summed E-state index contributed by atoms with van der Waals surface area (Å²) in [7, 11) is 1.61. The Hall–Kier alpha value is -2.30. The van der Waals surface area contributed by atoms with Crippen LogP contribution < -0.4 is 10.5 Å². The fraction of sp³-hybridized carbons (Fsp3) is 0.300. The predicted molar refractivity (Wildman–Crippen MR) is 95.2 cm³/mol. The van der Waals surface area contributed by atoms with E-state index in [0.29, 0.717) is 0 Å². The van der Waals surface area contributed by atoms with Gasteiger partial charge in [-0.2, -0.15) is 0 Å². The molecule has 4 nitrogen and oxygen atoms in total. The van der Waals surface area contributed by atoms with Gasteiger partial charge in [0, 0.05) is 12.5 Å². The molecule has 0 aliphatic rings. The van der Waals surface area contributed by atoms with Gasteiger partial charge >= 0.3 is 0 Å². The lowest BCUT2D eigenvalue weighted by Crippen LogP contribution is -2.02. The smallest absolute Gasteiger partial charge is 0.188 e. The Morgan fingerprint density at radius 1 is 1.00 bits per heavy atom. The van der Waals surface area contributed by atoms with Gasteiger partial charge in [-0.25, -0.2) is 0 Å². The van der Waals surface area contributed by atoms with Gasteiger partial charge in [0.1, 0.15) is 17.1 Å². The Kier molecular flexibility index (Phi) is 5.18. The van der Waals surface area contributed by atoms with Crippen molar-refractivity contribution in [1.29, 1.82) is 0 Å². The van der Waals surface area contributed by atoms with Gasteiger partial charge < -0.3 is 19.6 Å². The second-order valence-corrected chi connectivity index (χ2v) is 6.00. The van der Waals surface area contributed by atoms with Crippen molar-refractivity contribution in [2.75, 3.05) is 13.9 Å². The number of rotatable bonds is 7. The van der Waals surface area contributed by atoms with Crippen LogP contribution in [0.5, 0.6) is 5.75 Å². The first-order valence-corrected chi connectivity index (χ1v) is 8.14. The molecule has 0 aliphatic heterocycles. The maximum absolute atomic E-state index is 5.88. The molecule has 1 atom stereocenters. The van der Waals surface area contributed by atoms with Gasteiger partial charge in [0.2, 0.25) is 0 Å². The van der Waals surface area contributed by atoms with Crippen LogP contribution in [0.3, 0.4) is 0 Å². The number of hydrogen-bond donors (Lipinski definition) is 1. The van der Waals surface area contributed by atoms with Crippen molar-refractivity contribution in [2.45, 2.75) is 25.8 Å². The minimum absolute atomic E-state index is 0.0836. The van der Waals surface area contributed by atoms with Gasteiger partial charge in [-0.1, -0.05) is 24.3 Å². The third-order valence-corrected chi connectivity index (χ3v) is 4.02. The molecular formula is C20H23NO3. The number of benzene rings is 2. The van der Waals surface area contributed by atoms with Gasteiger partial charge in [-0.3, -0.25) is 0 Å². The lowest BCUT2D eigenvalue weighted by Gasteiger charge is -2.06. The summed E-state index contributed by atoms with van der Waals surface area (Å²) >= 11 is 0. The highest BCUT2D eigenvalue weighted by molar-refractivity contribution is 5.78. The van der Waals surface area contributed by atoms with Crippen LogP contribution in [0.25, 0.3) is 11.0 Å². The van der Waals surface area contributed by atoms with E-state index in [0.717, 1.165) is 35.3 Å². The number of aryl methyl sites for hydroxylation is 2. The van der Waals surface area contributed by atoms with Gasteiger partial charge in [0.05, 0.1) is 6.04 Å². The average molecular weight is 325 g/mol. The Morgan fingerprint density at radius 2 is 1.71 bits per heavy atom. The second-order valence-electron chi connectivity index (χ2n) is 6.00. The molecule has 2 N–H and O–H groups in total. The van der Waals surface area contributed by atoms with Crippen LogP contribution in [-0.2, 0) is 17.6 Å². The molecule has 1 unspecified atom stereocenters. The van der Waals surface area contributed by atoms with Crippen LogP contribution >= 0.6 is 0 Å². The van der Waals surface area contributed by atoms with Crippen molar-refractivity contribution < 1.29 is 13.9 Å². The molecule has 2 aromatic carbocycles. The summed E-state index contributed by atoms with van der Waals surface area (Å²) in [5.41, 5.74) is 9.32. The number of fused-ring (bicyclic) bond motifs is 1. The summed E-state index contributed by atoms with van der Waals surface area (Å²) in [5, 5.41) is 1.10. The molecule has 0 bridgehead atoms. The summed E-state index contributed by atoms with van der Waals surface area (Å²) in [6.45, 7) is 2.20. The van der Waals surface area contributed by atoms with E-state index in [4.69, 9.17) is 19.6 Å². The van der Waals surface area contributed by atoms with Crippen LogP contribution in [0.4, 0.5) is 0 Å². The Bertz CT molecular complexity index is 790. The average Bonchev–Trinajstić information content (AvgIpc) is 3.02. The highest BCUT2D eigenvalue weighted by Gasteiger charge is 2.08. The molecule has 0 saturated carbocycles. The fourth-order valence-electron chi connectivity index (χ4n) is 2.64. The van der Waals surface area contributed by atoms with Gasteiger partial charge in [-0.05, 0) is 55.2 Å². The lowest BCUT2D eigenvalue weighted by atomic mass is 10.0. The van der Waals surface area contributed by atoms with Gasteiger partial charge in [-0.15, -0.1) is 0 Å². The standard InChI is InChI=1S/C20H23NO3/c1-14(21)19-12-17-8-5-16(11-20(17)24-19)4-3-15-6-9-18(10-7-15)23-13-22-2/h5-12,14H,3-4,13,21H2,1-2H3. The molecule has 126 valence electrons. The molecule has 24 heavy (non-hydrogen) atoms. The maximum Gasteiger partial charge on any atom is 0.188 e. The SMILES string of the molecule is COCOc1ccc(CCc2ccc3cc(C(C)N)oc3c2)cc1. The zero-order valence-corrected chi connectivity index (χ0v) is 14.1. The zero-order chi connectivity index (χ0) is 16.9.